The highest BCUT2D eigenvalue weighted by molar-refractivity contribution is 7.78. The van der Waals surface area contributed by atoms with Gasteiger partial charge in [-0.15, -0.1) is 0 Å². The number of isothiocyanates is 1. The summed E-state index contributed by atoms with van der Waals surface area (Å²) >= 11 is 4.42. The van der Waals surface area contributed by atoms with Crippen LogP contribution in [0.1, 0.15) is 26.7 Å². The molecule has 0 aliphatic carbocycles. The molecule has 0 heterocycles. The first-order valence-electron chi connectivity index (χ1n) is 4.48. The molecule has 1 nitrogen and oxygen atoms in total. The minimum atomic E-state index is 0.854. The molecule has 0 amide bonds. The summed E-state index contributed by atoms with van der Waals surface area (Å²) in [6, 6.07) is 9.50. The third-order valence-corrected chi connectivity index (χ3v) is 1.52. The Kier molecular flexibility index (Phi) is 8.42. The van der Waals surface area contributed by atoms with Crippen LogP contribution in [0.15, 0.2) is 35.3 Å². The van der Waals surface area contributed by atoms with Gasteiger partial charge >= 0.3 is 0 Å². The Hall–Kier alpha value is -0.980. The molecule has 0 radical (unpaired) electrons. The molecule has 0 spiro atoms. The SMILES string of the molecule is CCCC.S=C=Nc1ccccc1. The molecule has 0 N–H and O–H groups in total. The fourth-order valence-corrected chi connectivity index (χ4v) is 0.661. The molecule has 1 aromatic carbocycles. The smallest absolute Gasteiger partial charge is 0.0739 e. The zero-order chi connectivity index (χ0) is 9.94. The Labute approximate surface area is 85.5 Å². The number of rotatable bonds is 2. The van der Waals surface area contributed by atoms with Gasteiger partial charge in [-0.1, -0.05) is 44.9 Å². The minimum absolute atomic E-state index is 0.854. The predicted molar refractivity (Wildman–Crippen MR) is 61.7 cm³/mol. The second kappa shape index (κ2) is 9.11. The van der Waals surface area contributed by atoms with E-state index in [1.165, 1.54) is 12.8 Å². The third-order valence-electron chi connectivity index (χ3n) is 1.43. The fraction of sp³-hybridized carbons (Fsp3) is 0.364. The summed E-state index contributed by atoms with van der Waals surface area (Å²) in [5, 5.41) is 2.29. The second-order valence-electron chi connectivity index (χ2n) is 2.54. The van der Waals surface area contributed by atoms with Crippen LogP contribution in [0.2, 0.25) is 0 Å². The normalized spacial score (nSPS) is 7.85. The molecule has 1 aromatic rings. The number of nitrogens with zero attached hydrogens (tertiary/aromatic N) is 1. The quantitative estimate of drug-likeness (QED) is 0.506. The van der Waals surface area contributed by atoms with E-state index in [1.807, 2.05) is 30.3 Å². The summed E-state index contributed by atoms with van der Waals surface area (Å²) in [4.78, 5) is 3.77. The molecule has 0 fully saturated rings. The van der Waals surface area contributed by atoms with E-state index in [-0.39, 0.29) is 0 Å². The zero-order valence-electron chi connectivity index (χ0n) is 8.16. The second-order valence-corrected chi connectivity index (χ2v) is 2.72. The molecule has 1 rings (SSSR count). The van der Waals surface area contributed by atoms with E-state index in [2.05, 4.69) is 36.2 Å². The topological polar surface area (TPSA) is 12.4 Å². The molecule has 0 saturated heterocycles. The van der Waals surface area contributed by atoms with Gasteiger partial charge in [0.15, 0.2) is 0 Å². The van der Waals surface area contributed by atoms with Gasteiger partial charge in [0, 0.05) is 0 Å². The molecule has 0 aromatic heterocycles. The fourth-order valence-electron chi connectivity index (χ4n) is 0.555. The van der Waals surface area contributed by atoms with E-state index in [4.69, 9.17) is 0 Å². The first-order chi connectivity index (χ1) is 6.35. The van der Waals surface area contributed by atoms with Crippen LogP contribution in [-0.2, 0) is 0 Å². The molecule has 0 aliphatic rings. The average Bonchev–Trinajstić information content (AvgIpc) is 2.20. The number of unbranched alkanes of at least 4 members (excludes halogenated alkanes) is 1. The van der Waals surface area contributed by atoms with E-state index in [9.17, 15) is 0 Å². The Morgan fingerprint density at radius 3 is 2.08 bits per heavy atom. The molecule has 13 heavy (non-hydrogen) atoms. The highest BCUT2D eigenvalue weighted by atomic mass is 32.1. The van der Waals surface area contributed by atoms with E-state index in [1.54, 1.807) is 0 Å². The molecule has 0 aliphatic heterocycles. The lowest BCUT2D eigenvalue weighted by Crippen LogP contribution is -1.58. The van der Waals surface area contributed by atoms with Crippen molar-refractivity contribution in [3.8, 4) is 0 Å². The Morgan fingerprint density at radius 1 is 1.15 bits per heavy atom. The van der Waals surface area contributed by atoms with Crippen LogP contribution in [0.3, 0.4) is 0 Å². The number of thiocarbonyl (C=S) groups is 1. The summed E-state index contributed by atoms with van der Waals surface area (Å²) in [6.07, 6.45) is 2.64. The van der Waals surface area contributed by atoms with E-state index in [0.717, 1.165) is 5.69 Å². The van der Waals surface area contributed by atoms with Gasteiger partial charge < -0.3 is 0 Å². The van der Waals surface area contributed by atoms with Crippen molar-refractivity contribution in [3.05, 3.63) is 30.3 Å². The largest absolute Gasteiger partial charge is 0.195 e. The highest BCUT2D eigenvalue weighted by Crippen LogP contribution is 2.07. The van der Waals surface area contributed by atoms with Crippen molar-refractivity contribution < 1.29 is 0 Å². The maximum absolute atomic E-state index is 4.42. The maximum Gasteiger partial charge on any atom is 0.0739 e. The van der Waals surface area contributed by atoms with Gasteiger partial charge in [-0.3, -0.25) is 0 Å². The monoisotopic (exact) mass is 193 g/mol. The van der Waals surface area contributed by atoms with Crippen molar-refractivity contribution >= 4 is 23.1 Å². The first kappa shape index (κ1) is 12.0. The lowest BCUT2D eigenvalue weighted by molar-refractivity contribution is 0.886. The number of hydrogen-bond acceptors (Lipinski definition) is 2. The molecule has 0 unspecified atom stereocenters. The number of benzene rings is 1. The summed E-state index contributed by atoms with van der Waals surface area (Å²) in [5.74, 6) is 0. The maximum atomic E-state index is 4.42. The van der Waals surface area contributed by atoms with Crippen molar-refractivity contribution in [2.75, 3.05) is 0 Å². The molecule has 0 bridgehead atoms. The Bertz CT molecular complexity index is 248. The van der Waals surface area contributed by atoms with Gasteiger partial charge in [-0.2, -0.15) is 4.99 Å². The van der Waals surface area contributed by atoms with Crippen LogP contribution in [-0.4, -0.2) is 5.16 Å². The van der Waals surface area contributed by atoms with E-state index in [0.29, 0.717) is 0 Å². The van der Waals surface area contributed by atoms with Gasteiger partial charge in [-0.25, -0.2) is 0 Å². The Morgan fingerprint density at radius 2 is 1.69 bits per heavy atom. The summed E-state index contributed by atoms with van der Waals surface area (Å²) in [6.45, 7) is 4.36. The van der Waals surface area contributed by atoms with Crippen molar-refractivity contribution in [1.82, 2.24) is 0 Å². The van der Waals surface area contributed by atoms with Crippen molar-refractivity contribution in [1.29, 1.82) is 0 Å². The lowest BCUT2D eigenvalue weighted by atomic mass is 10.3. The van der Waals surface area contributed by atoms with E-state index < -0.39 is 0 Å². The highest BCUT2D eigenvalue weighted by Gasteiger charge is 1.79. The third kappa shape index (κ3) is 7.38. The molecule has 2 heteroatoms. The van der Waals surface area contributed by atoms with Gasteiger partial charge in [0.2, 0.25) is 0 Å². The van der Waals surface area contributed by atoms with Crippen LogP contribution in [0.5, 0.6) is 0 Å². The average molecular weight is 193 g/mol. The molecule has 70 valence electrons. The van der Waals surface area contributed by atoms with Gasteiger partial charge in [-0.05, 0) is 24.4 Å². The zero-order valence-corrected chi connectivity index (χ0v) is 8.97. The first-order valence-corrected chi connectivity index (χ1v) is 4.88. The van der Waals surface area contributed by atoms with Crippen LogP contribution in [0.25, 0.3) is 0 Å². The minimum Gasteiger partial charge on any atom is -0.195 e. The van der Waals surface area contributed by atoms with Crippen LogP contribution in [0, 0.1) is 0 Å². The van der Waals surface area contributed by atoms with Crippen molar-refractivity contribution in [3.63, 3.8) is 0 Å². The standard InChI is InChI=1S/C7H5NS.C4H10/c9-6-8-7-4-2-1-3-5-7;1-3-4-2/h1-5H;3-4H2,1-2H3. The lowest BCUT2D eigenvalue weighted by Gasteiger charge is -1.83. The van der Waals surface area contributed by atoms with Crippen LogP contribution in [0.4, 0.5) is 5.69 Å². The molecular formula is C11H15NS. The van der Waals surface area contributed by atoms with Crippen molar-refractivity contribution in [2.24, 2.45) is 4.99 Å². The summed E-state index contributed by atoms with van der Waals surface area (Å²) < 4.78 is 0. The number of hydrogen-bond donors (Lipinski definition) is 0. The van der Waals surface area contributed by atoms with Gasteiger partial charge in [0.1, 0.15) is 0 Å². The molecule has 0 atom stereocenters. The van der Waals surface area contributed by atoms with Gasteiger partial charge in [0.25, 0.3) is 0 Å². The number of para-hydroxylation sites is 1. The summed E-state index contributed by atoms with van der Waals surface area (Å²) in [5.41, 5.74) is 0.854. The van der Waals surface area contributed by atoms with Gasteiger partial charge in [0.05, 0.1) is 10.8 Å². The number of aliphatic imine (C=N–C) groups is 1. The Balaban J connectivity index is 0.000000310. The predicted octanol–water partition coefficient (Wildman–Crippen LogP) is 4.23. The molecule has 0 saturated carbocycles. The molecular weight excluding hydrogens is 178 g/mol. The summed E-state index contributed by atoms with van der Waals surface area (Å²) in [7, 11) is 0. The van der Waals surface area contributed by atoms with Crippen LogP contribution >= 0.6 is 12.2 Å². The van der Waals surface area contributed by atoms with Crippen molar-refractivity contribution in [2.45, 2.75) is 26.7 Å². The van der Waals surface area contributed by atoms with Crippen LogP contribution < -0.4 is 0 Å². The van der Waals surface area contributed by atoms with E-state index >= 15 is 0 Å².